The lowest BCUT2D eigenvalue weighted by Gasteiger charge is -2.20. The van der Waals surface area contributed by atoms with Gasteiger partial charge in [-0.15, -0.1) is 0 Å². The monoisotopic (exact) mass is 431 g/mol. The highest BCUT2D eigenvalue weighted by Gasteiger charge is 2.20. The molecule has 7 heteroatoms. The van der Waals surface area contributed by atoms with Gasteiger partial charge in [0.25, 0.3) is 5.91 Å². The molecule has 0 fully saturated rings. The summed E-state index contributed by atoms with van der Waals surface area (Å²) in [5.74, 6) is -1.28. The van der Waals surface area contributed by atoms with E-state index in [9.17, 15) is 13.6 Å². The number of nitrogens with one attached hydrogen (secondary N) is 1. The zero-order valence-electron chi connectivity index (χ0n) is 18.7. The summed E-state index contributed by atoms with van der Waals surface area (Å²) in [4.78, 5) is 15.4. The number of hydrogen-bond donors (Lipinski definition) is 1. The van der Waals surface area contributed by atoms with Crippen LogP contribution in [0.2, 0.25) is 0 Å². The van der Waals surface area contributed by atoms with Gasteiger partial charge < -0.3 is 19.2 Å². The molecule has 0 aliphatic rings. The van der Waals surface area contributed by atoms with Crippen LogP contribution in [0.15, 0.2) is 34.7 Å². The number of nitrogens with zero attached hydrogens (tertiary/aromatic N) is 2. The van der Waals surface area contributed by atoms with Crippen LogP contribution < -0.4 is 5.32 Å². The predicted octanol–water partition coefficient (Wildman–Crippen LogP) is 5.11. The van der Waals surface area contributed by atoms with E-state index >= 15 is 0 Å². The van der Waals surface area contributed by atoms with Crippen LogP contribution in [0, 0.1) is 18.6 Å². The van der Waals surface area contributed by atoms with Crippen LogP contribution in [0.1, 0.15) is 55.4 Å². The number of hydrogen-bond acceptors (Lipinski definition) is 3. The normalized spacial score (nSPS) is 12.6. The Morgan fingerprint density at radius 3 is 2.58 bits per heavy atom. The molecule has 1 amide bonds. The van der Waals surface area contributed by atoms with Crippen LogP contribution in [0.25, 0.3) is 11.1 Å². The van der Waals surface area contributed by atoms with Gasteiger partial charge in [-0.05, 0) is 64.0 Å². The third kappa shape index (κ3) is 5.53. The Morgan fingerprint density at radius 1 is 1.16 bits per heavy atom. The van der Waals surface area contributed by atoms with Crippen LogP contribution in [0.5, 0.6) is 0 Å². The summed E-state index contributed by atoms with van der Waals surface area (Å²) in [5.41, 5.74) is 2.35. The van der Waals surface area contributed by atoms with Gasteiger partial charge in [-0.2, -0.15) is 0 Å². The fourth-order valence-corrected chi connectivity index (χ4v) is 3.87. The number of rotatable bonds is 10. The van der Waals surface area contributed by atoms with E-state index in [1.165, 1.54) is 6.07 Å². The number of aromatic nitrogens is 1. The molecule has 2 heterocycles. The molecule has 0 saturated heterocycles. The van der Waals surface area contributed by atoms with Gasteiger partial charge in [-0.1, -0.05) is 19.9 Å². The lowest BCUT2D eigenvalue weighted by atomic mass is 10.1. The van der Waals surface area contributed by atoms with Crippen molar-refractivity contribution in [2.45, 2.75) is 53.1 Å². The van der Waals surface area contributed by atoms with E-state index in [4.69, 9.17) is 4.42 Å². The van der Waals surface area contributed by atoms with E-state index in [1.54, 1.807) is 10.6 Å². The van der Waals surface area contributed by atoms with Gasteiger partial charge in [-0.25, -0.2) is 8.78 Å². The molecule has 0 aliphatic heterocycles. The summed E-state index contributed by atoms with van der Waals surface area (Å²) in [6, 6.07) is 7.35. The minimum atomic E-state index is -0.905. The molecule has 1 N–H and O–H groups in total. The van der Waals surface area contributed by atoms with E-state index < -0.39 is 11.6 Å². The zero-order valence-corrected chi connectivity index (χ0v) is 18.7. The minimum Gasteiger partial charge on any atom is -0.460 e. The first kappa shape index (κ1) is 23.0. The highest BCUT2D eigenvalue weighted by molar-refractivity contribution is 5.97. The molecule has 0 radical (unpaired) electrons. The van der Waals surface area contributed by atoms with Gasteiger partial charge in [0.1, 0.15) is 11.5 Å². The maximum atomic E-state index is 13.7. The Hall–Kier alpha value is -2.67. The van der Waals surface area contributed by atoms with Crippen molar-refractivity contribution in [3.63, 3.8) is 0 Å². The largest absolute Gasteiger partial charge is 0.460 e. The van der Waals surface area contributed by atoms with Gasteiger partial charge in [0.2, 0.25) is 0 Å². The average molecular weight is 432 g/mol. The standard InChI is InChI=1S/C24H31F2N3O2/c1-5-28(6-2)11-7-8-16(3)27-24(30)22-14-23-21(12-17(4)31-23)29(22)15-18-9-10-19(25)20(26)13-18/h9-10,12-14,16H,5-8,11,15H2,1-4H3,(H,27,30). The van der Waals surface area contributed by atoms with Crippen molar-refractivity contribution in [1.82, 2.24) is 14.8 Å². The number of benzene rings is 1. The SMILES string of the molecule is CCN(CC)CCCC(C)NC(=O)c1cc2oc(C)cc2n1Cc1ccc(F)c(F)c1. The third-order valence-electron chi connectivity index (χ3n) is 5.65. The van der Waals surface area contributed by atoms with E-state index in [1.807, 2.05) is 19.9 Å². The molecule has 0 bridgehead atoms. The maximum absolute atomic E-state index is 13.7. The van der Waals surface area contributed by atoms with E-state index in [0.29, 0.717) is 16.8 Å². The number of aryl methyl sites for hydroxylation is 1. The summed E-state index contributed by atoms with van der Waals surface area (Å²) >= 11 is 0. The van der Waals surface area contributed by atoms with Crippen molar-refractivity contribution in [3.05, 3.63) is 59.0 Å². The Labute approximate surface area is 182 Å². The Morgan fingerprint density at radius 2 is 1.90 bits per heavy atom. The zero-order chi connectivity index (χ0) is 22.5. The second-order valence-corrected chi connectivity index (χ2v) is 8.01. The lowest BCUT2D eigenvalue weighted by Crippen LogP contribution is -2.35. The summed E-state index contributed by atoms with van der Waals surface area (Å²) in [6.07, 6.45) is 1.88. The fourth-order valence-electron chi connectivity index (χ4n) is 3.87. The number of carbonyl (C=O) groups is 1. The second-order valence-electron chi connectivity index (χ2n) is 8.01. The third-order valence-corrected chi connectivity index (χ3v) is 5.65. The fraction of sp³-hybridized carbons (Fsp3) is 0.458. The topological polar surface area (TPSA) is 50.4 Å². The quantitative estimate of drug-likeness (QED) is 0.485. The smallest absolute Gasteiger partial charge is 0.268 e. The van der Waals surface area contributed by atoms with Gasteiger partial charge in [0, 0.05) is 24.7 Å². The molecule has 1 aromatic carbocycles. The van der Waals surface area contributed by atoms with Crippen molar-refractivity contribution in [2.75, 3.05) is 19.6 Å². The highest BCUT2D eigenvalue weighted by atomic mass is 19.2. The van der Waals surface area contributed by atoms with Crippen molar-refractivity contribution in [1.29, 1.82) is 0 Å². The number of carbonyl (C=O) groups excluding carboxylic acids is 1. The van der Waals surface area contributed by atoms with Crippen molar-refractivity contribution < 1.29 is 18.0 Å². The second kappa shape index (κ2) is 10.1. The first-order chi connectivity index (χ1) is 14.8. The van der Waals surface area contributed by atoms with E-state index in [0.717, 1.165) is 55.9 Å². The summed E-state index contributed by atoms with van der Waals surface area (Å²) in [5, 5.41) is 3.06. The molecule has 1 atom stereocenters. The first-order valence-electron chi connectivity index (χ1n) is 10.9. The van der Waals surface area contributed by atoms with Gasteiger partial charge in [0.15, 0.2) is 17.2 Å². The summed E-state index contributed by atoms with van der Waals surface area (Å²) in [6.45, 7) is 11.4. The summed E-state index contributed by atoms with van der Waals surface area (Å²) in [7, 11) is 0. The van der Waals surface area contributed by atoms with E-state index in [2.05, 4.69) is 24.1 Å². The molecule has 2 aromatic heterocycles. The molecular formula is C24H31F2N3O2. The molecule has 0 saturated carbocycles. The molecule has 0 aliphatic carbocycles. The van der Waals surface area contributed by atoms with Gasteiger partial charge in [-0.3, -0.25) is 4.79 Å². The molecule has 31 heavy (non-hydrogen) atoms. The van der Waals surface area contributed by atoms with Crippen molar-refractivity contribution in [3.8, 4) is 0 Å². The van der Waals surface area contributed by atoms with Crippen LogP contribution in [-0.4, -0.2) is 41.1 Å². The number of fused-ring (bicyclic) bond motifs is 1. The molecule has 5 nitrogen and oxygen atoms in total. The van der Waals surface area contributed by atoms with Crippen molar-refractivity contribution >= 4 is 17.0 Å². The number of amides is 1. The Kier molecular flexibility index (Phi) is 7.49. The maximum Gasteiger partial charge on any atom is 0.268 e. The van der Waals surface area contributed by atoms with Crippen LogP contribution >= 0.6 is 0 Å². The Bertz CT molecular complexity index is 1040. The first-order valence-corrected chi connectivity index (χ1v) is 10.9. The van der Waals surface area contributed by atoms with Crippen LogP contribution in [0.4, 0.5) is 8.78 Å². The van der Waals surface area contributed by atoms with Crippen molar-refractivity contribution in [2.24, 2.45) is 0 Å². The van der Waals surface area contributed by atoms with Crippen LogP contribution in [0.3, 0.4) is 0 Å². The van der Waals surface area contributed by atoms with E-state index in [-0.39, 0.29) is 18.5 Å². The summed E-state index contributed by atoms with van der Waals surface area (Å²) < 4.78 is 34.5. The molecular weight excluding hydrogens is 400 g/mol. The number of halogens is 2. The number of furan rings is 1. The van der Waals surface area contributed by atoms with Gasteiger partial charge in [0.05, 0.1) is 5.52 Å². The molecule has 1 unspecified atom stereocenters. The predicted molar refractivity (Wildman–Crippen MR) is 118 cm³/mol. The highest BCUT2D eigenvalue weighted by Crippen LogP contribution is 2.25. The molecule has 3 rings (SSSR count). The van der Waals surface area contributed by atoms with Crippen LogP contribution in [-0.2, 0) is 6.54 Å². The Balaban J connectivity index is 1.76. The van der Waals surface area contributed by atoms with Gasteiger partial charge >= 0.3 is 0 Å². The minimum absolute atomic E-state index is 0.0164. The molecule has 3 aromatic rings. The average Bonchev–Trinajstić information content (AvgIpc) is 3.25. The molecule has 0 spiro atoms. The molecule has 168 valence electrons. The lowest BCUT2D eigenvalue weighted by molar-refractivity contribution is 0.0928.